The van der Waals surface area contributed by atoms with Crippen LogP contribution in [-0.4, -0.2) is 16.8 Å². The van der Waals surface area contributed by atoms with Crippen molar-refractivity contribution in [2.45, 2.75) is 12.7 Å². The third kappa shape index (κ3) is 3.71. The molecule has 0 amide bonds. The van der Waals surface area contributed by atoms with Gasteiger partial charge >= 0.3 is 0 Å². The van der Waals surface area contributed by atoms with Crippen molar-refractivity contribution < 1.29 is 14.9 Å². The topological polar surface area (TPSA) is 75.7 Å². The fourth-order valence-electron chi connectivity index (χ4n) is 1.73. The molecule has 1 atom stereocenters. The van der Waals surface area contributed by atoms with E-state index in [9.17, 15) is 5.11 Å². The molecule has 4 N–H and O–H groups in total. The van der Waals surface area contributed by atoms with Crippen LogP contribution in [0, 0.1) is 0 Å². The van der Waals surface area contributed by atoms with E-state index in [0.717, 1.165) is 11.1 Å². The molecule has 2 rings (SSSR count). The Balaban J connectivity index is 1.94. The quantitative estimate of drug-likeness (QED) is 0.716. The van der Waals surface area contributed by atoms with Crippen molar-refractivity contribution in [2.75, 3.05) is 12.3 Å². The van der Waals surface area contributed by atoms with E-state index < -0.39 is 6.10 Å². The van der Waals surface area contributed by atoms with Crippen LogP contribution in [-0.2, 0) is 6.61 Å². The van der Waals surface area contributed by atoms with Gasteiger partial charge in [-0.15, -0.1) is 0 Å². The van der Waals surface area contributed by atoms with E-state index in [-0.39, 0.29) is 13.2 Å². The second-order valence-electron chi connectivity index (χ2n) is 4.30. The molecule has 0 bridgehead atoms. The Morgan fingerprint density at radius 2 is 1.84 bits per heavy atom. The number of hydrogen-bond acceptors (Lipinski definition) is 4. The zero-order chi connectivity index (χ0) is 13.7. The monoisotopic (exact) mass is 259 g/mol. The Morgan fingerprint density at radius 1 is 1.11 bits per heavy atom. The first-order valence-electron chi connectivity index (χ1n) is 6.05. The summed E-state index contributed by atoms with van der Waals surface area (Å²) in [4.78, 5) is 0. The molecule has 0 heterocycles. The Bertz CT molecular complexity index is 525. The van der Waals surface area contributed by atoms with Crippen molar-refractivity contribution >= 4 is 5.69 Å². The summed E-state index contributed by atoms with van der Waals surface area (Å²) >= 11 is 0. The Morgan fingerprint density at radius 3 is 2.47 bits per heavy atom. The summed E-state index contributed by atoms with van der Waals surface area (Å²) in [6.07, 6.45) is -0.721. The molecule has 0 fully saturated rings. The van der Waals surface area contributed by atoms with Gasteiger partial charge in [-0.25, -0.2) is 0 Å². The molecule has 100 valence electrons. The van der Waals surface area contributed by atoms with Gasteiger partial charge in [-0.3, -0.25) is 0 Å². The maximum absolute atomic E-state index is 9.99. The maximum atomic E-state index is 9.99. The van der Waals surface area contributed by atoms with Crippen LogP contribution in [0.5, 0.6) is 5.75 Å². The van der Waals surface area contributed by atoms with E-state index >= 15 is 0 Å². The van der Waals surface area contributed by atoms with Crippen molar-refractivity contribution in [3.8, 4) is 5.75 Å². The first-order chi connectivity index (χ1) is 9.19. The highest BCUT2D eigenvalue weighted by Crippen LogP contribution is 2.18. The number of ether oxygens (including phenoxy) is 1. The number of benzene rings is 2. The van der Waals surface area contributed by atoms with E-state index in [1.807, 2.05) is 0 Å². The van der Waals surface area contributed by atoms with Crippen molar-refractivity contribution in [1.29, 1.82) is 0 Å². The Hall–Kier alpha value is -2.04. The Kier molecular flexibility index (Phi) is 4.39. The molecular formula is C15H17NO3. The normalized spacial score (nSPS) is 12.1. The highest BCUT2D eigenvalue weighted by molar-refractivity contribution is 5.41. The van der Waals surface area contributed by atoms with E-state index in [2.05, 4.69) is 0 Å². The molecule has 1 unspecified atom stereocenters. The smallest absolute Gasteiger partial charge is 0.119 e. The standard InChI is InChI=1S/C15H17NO3/c16-13-3-1-2-12(8-13)15(18)10-19-14-6-4-11(9-17)5-7-14/h1-8,15,17-18H,9-10,16H2. The molecule has 0 radical (unpaired) electrons. The molecule has 2 aromatic carbocycles. The lowest BCUT2D eigenvalue weighted by molar-refractivity contribution is 0.108. The number of aliphatic hydroxyl groups excluding tert-OH is 2. The number of rotatable bonds is 5. The average molecular weight is 259 g/mol. The molecular weight excluding hydrogens is 242 g/mol. The molecule has 0 aliphatic heterocycles. The molecule has 4 nitrogen and oxygen atoms in total. The molecule has 0 spiro atoms. The molecule has 0 aliphatic carbocycles. The number of aliphatic hydroxyl groups is 2. The van der Waals surface area contributed by atoms with Crippen molar-refractivity contribution in [3.63, 3.8) is 0 Å². The largest absolute Gasteiger partial charge is 0.491 e. The van der Waals surface area contributed by atoms with Gasteiger partial charge in [-0.1, -0.05) is 24.3 Å². The second-order valence-corrected chi connectivity index (χ2v) is 4.30. The molecule has 19 heavy (non-hydrogen) atoms. The molecule has 0 aromatic heterocycles. The van der Waals surface area contributed by atoms with Gasteiger partial charge in [0.05, 0.1) is 6.61 Å². The predicted molar refractivity (Wildman–Crippen MR) is 73.7 cm³/mol. The minimum Gasteiger partial charge on any atom is -0.491 e. The average Bonchev–Trinajstić information content (AvgIpc) is 2.45. The van der Waals surface area contributed by atoms with E-state index in [1.165, 1.54) is 0 Å². The second kappa shape index (κ2) is 6.22. The molecule has 4 heteroatoms. The van der Waals surface area contributed by atoms with Crippen molar-refractivity contribution in [3.05, 3.63) is 59.7 Å². The third-order valence-electron chi connectivity index (χ3n) is 2.81. The molecule has 0 saturated carbocycles. The van der Waals surface area contributed by atoms with E-state index in [4.69, 9.17) is 15.6 Å². The number of nitrogens with two attached hydrogens (primary N) is 1. The van der Waals surface area contributed by atoms with Gasteiger partial charge in [0.1, 0.15) is 18.5 Å². The summed E-state index contributed by atoms with van der Waals surface area (Å²) in [7, 11) is 0. The zero-order valence-corrected chi connectivity index (χ0v) is 10.5. The number of nitrogen functional groups attached to an aromatic ring is 1. The van der Waals surface area contributed by atoms with Gasteiger partial charge in [0.15, 0.2) is 0 Å². The minimum atomic E-state index is -0.721. The molecule has 0 aliphatic rings. The van der Waals surface area contributed by atoms with Crippen LogP contribution in [0.3, 0.4) is 0 Å². The van der Waals surface area contributed by atoms with Gasteiger partial charge < -0.3 is 20.7 Å². The highest BCUT2D eigenvalue weighted by Gasteiger charge is 2.08. The lowest BCUT2D eigenvalue weighted by Gasteiger charge is -2.13. The molecule has 0 saturated heterocycles. The van der Waals surface area contributed by atoms with Crippen LogP contribution in [0.25, 0.3) is 0 Å². The first kappa shape index (κ1) is 13.4. The van der Waals surface area contributed by atoms with Crippen LogP contribution in [0.2, 0.25) is 0 Å². The fourth-order valence-corrected chi connectivity index (χ4v) is 1.73. The summed E-state index contributed by atoms with van der Waals surface area (Å²) in [6.45, 7) is 0.161. The SMILES string of the molecule is Nc1cccc(C(O)COc2ccc(CO)cc2)c1. The van der Waals surface area contributed by atoms with Crippen molar-refractivity contribution in [2.24, 2.45) is 0 Å². The maximum Gasteiger partial charge on any atom is 0.119 e. The van der Waals surface area contributed by atoms with Gasteiger partial charge in [0.2, 0.25) is 0 Å². The highest BCUT2D eigenvalue weighted by atomic mass is 16.5. The third-order valence-corrected chi connectivity index (χ3v) is 2.81. The summed E-state index contributed by atoms with van der Waals surface area (Å²) in [6, 6.07) is 14.2. The Labute approximate surface area is 112 Å². The summed E-state index contributed by atoms with van der Waals surface area (Å²) in [5.41, 5.74) is 7.83. The number of hydrogen-bond donors (Lipinski definition) is 3. The van der Waals surface area contributed by atoms with Crippen LogP contribution >= 0.6 is 0 Å². The first-order valence-corrected chi connectivity index (χ1v) is 6.05. The van der Waals surface area contributed by atoms with Crippen LogP contribution in [0.4, 0.5) is 5.69 Å². The van der Waals surface area contributed by atoms with Gasteiger partial charge in [-0.05, 0) is 35.4 Å². The summed E-state index contributed by atoms with van der Waals surface area (Å²) < 4.78 is 5.49. The van der Waals surface area contributed by atoms with Crippen LogP contribution in [0.15, 0.2) is 48.5 Å². The summed E-state index contributed by atoms with van der Waals surface area (Å²) in [5, 5.41) is 18.9. The molecule has 2 aromatic rings. The van der Waals surface area contributed by atoms with Gasteiger partial charge in [0, 0.05) is 5.69 Å². The fraction of sp³-hybridized carbons (Fsp3) is 0.200. The lowest BCUT2D eigenvalue weighted by atomic mass is 10.1. The van der Waals surface area contributed by atoms with Crippen molar-refractivity contribution in [1.82, 2.24) is 0 Å². The number of anilines is 1. The zero-order valence-electron chi connectivity index (χ0n) is 10.5. The van der Waals surface area contributed by atoms with Gasteiger partial charge in [0.25, 0.3) is 0 Å². The van der Waals surface area contributed by atoms with Gasteiger partial charge in [-0.2, -0.15) is 0 Å². The summed E-state index contributed by atoms with van der Waals surface area (Å²) in [5.74, 6) is 0.653. The van der Waals surface area contributed by atoms with E-state index in [0.29, 0.717) is 11.4 Å². The predicted octanol–water partition coefficient (Wildman–Crippen LogP) is 1.87. The van der Waals surface area contributed by atoms with E-state index in [1.54, 1.807) is 48.5 Å². The minimum absolute atomic E-state index is 0.00615. The lowest BCUT2D eigenvalue weighted by Crippen LogP contribution is -2.10. The van der Waals surface area contributed by atoms with Crippen LogP contribution < -0.4 is 10.5 Å². The van der Waals surface area contributed by atoms with Crippen LogP contribution in [0.1, 0.15) is 17.2 Å².